The van der Waals surface area contributed by atoms with Crippen molar-refractivity contribution >= 4 is 25.4 Å². The lowest BCUT2D eigenvalue weighted by atomic mass is 10.3. The second-order valence-electron chi connectivity index (χ2n) is 2.70. The summed E-state index contributed by atoms with van der Waals surface area (Å²) in [5.41, 5.74) is -0.910. The average Bonchev–Trinajstić information content (AvgIpc) is 2.15. The Morgan fingerprint density at radius 3 is 2.41 bits per heavy atom. The van der Waals surface area contributed by atoms with Gasteiger partial charge in [0, 0.05) is 16.7 Å². The lowest BCUT2D eigenvalue weighted by Crippen LogP contribution is -2.05. The van der Waals surface area contributed by atoms with Gasteiger partial charge in [-0.3, -0.25) is 10.1 Å². The third kappa shape index (κ3) is 3.49. The van der Waals surface area contributed by atoms with Crippen LogP contribution in [0.1, 0.15) is 0 Å². The Balaban J connectivity index is 3.32. The van der Waals surface area contributed by atoms with Crippen molar-refractivity contribution < 1.29 is 26.9 Å². The van der Waals surface area contributed by atoms with E-state index in [4.69, 9.17) is 10.7 Å². The number of nitro benzene ring substituents is 1. The van der Waals surface area contributed by atoms with Gasteiger partial charge in [0.15, 0.2) is 0 Å². The summed E-state index contributed by atoms with van der Waals surface area (Å²) < 4.78 is 49.5. The van der Waals surface area contributed by atoms with Crippen molar-refractivity contribution in [2.45, 2.75) is 11.5 Å². The van der Waals surface area contributed by atoms with Gasteiger partial charge >= 0.3 is 12.3 Å². The van der Waals surface area contributed by atoms with Gasteiger partial charge in [-0.05, 0) is 12.1 Å². The van der Waals surface area contributed by atoms with Gasteiger partial charge < -0.3 is 4.74 Å². The van der Waals surface area contributed by atoms with Crippen LogP contribution in [-0.4, -0.2) is 20.0 Å². The predicted octanol–water partition coefficient (Wildman–Crippen LogP) is 2.12. The molecule has 0 fully saturated rings. The van der Waals surface area contributed by atoms with E-state index in [1.165, 1.54) is 0 Å². The Kier molecular flexibility index (Phi) is 3.83. The van der Waals surface area contributed by atoms with Crippen LogP contribution in [0, 0.1) is 10.1 Å². The van der Waals surface area contributed by atoms with Gasteiger partial charge in [0.2, 0.25) is 5.75 Å². The fourth-order valence-corrected chi connectivity index (χ4v) is 1.76. The quantitative estimate of drug-likeness (QED) is 0.481. The summed E-state index contributed by atoms with van der Waals surface area (Å²) in [5, 5.41) is 10.5. The highest BCUT2D eigenvalue weighted by molar-refractivity contribution is 8.13. The van der Waals surface area contributed by atoms with E-state index in [1.807, 2.05) is 0 Å². The molecule has 1 aromatic carbocycles. The minimum atomic E-state index is -4.18. The number of hydrogen-bond donors (Lipinski definition) is 0. The van der Waals surface area contributed by atoms with Crippen LogP contribution in [0.15, 0.2) is 23.1 Å². The second kappa shape index (κ2) is 4.80. The fourth-order valence-electron chi connectivity index (χ4n) is 0.987. The third-order valence-electron chi connectivity index (χ3n) is 1.62. The minimum absolute atomic E-state index is 0.542. The normalized spacial score (nSPS) is 11.5. The summed E-state index contributed by atoms with van der Waals surface area (Å²) in [5.74, 6) is -0.742. The fraction of sp³-hybridized carbons (Fsp3) is 0.143. The maximum absolute atomic E-state index is 11.9. The molecule has 0 heterocycles. The number of nitro groups is 1. The molecule has 94 valence electrons. The van der Waals surface area contributed by atoms with Crippen molar-refractivity contribution in [2.24, 2.45) is 0 Å². The Bertz CT molecular complexity index is 547. The van der Waals surface area contributed by atoms with Gasteiger partial charge in [-0.1, -0.05) is 0 Å². The molecule has 6 nitrogen and oxygen atoms in total. The maximum Gasteiger partial charge on any atom is 0.387 e. The molecule has 0 atom stereocenters. The molecule has 1 rings (SSSR count). The average molecular weight is 288 g/mol. The van der Waals surface area contributed by atoms with Gasteiger partial charge in [0.25, 0.3) is 9.05 Å². The molecule has 17 heavy (non-hydrogen) atoms. The van der Waals surface area contributed by atoms with Crippen LogP contribution in [0.5, 0.6) is 5.75 Å². The lowest BCUT2D eigenvalue weighted by molar-refractivity contribution is -0.386. The summed E-state index contributed by atoms with van der Waals surface area (Å²) >= 11 is 0. The summed E-state index contributed by atoms with van der Waals surface area (Å²) in [6, 6.07) is 2.10. The first-order valence-electron chi connectivity index (χ1n) is 3.89. The lowest BCUT2D eigenvalue weighted by Gasteiger charge is -2.05. The van der Waals surface area contributed by atoms with Crippen molar-refractivity contribution in [3.8, 4) is 5.75 Å². The molecule has 0 unspecified atom stereocenters. The molecular weight excluding hydrogens is 284 g/mol. The number of alkyl halides is 2. The molecule has 10 heteroatoms. The Morgan fingerprint density at radius 1 is 1.41 bits per heavy atom. The number of hydrogen-bond acceptors (Lipinski definition) is 5. The molecule has 0 spiro atoms. The van der Waals surface area contributed by atoms with E-state index in [0.29, 0.717) is 6.07 Å². The van der Waals surface area contributed by atoms with Crippen molar-refractivity contribution in [1.82, 2.24) is 0 Å². The van der Waals surface area contributed by atoms with Crippen molar-refractivity contribution in [1.29, 1.82) is 0 Å². The topological polar surface area (TPSA) is 86.5 Å². The van der Waals surface area contributed by atoms with Gasteiger partial charge in [-0.25, -0.2) is 8.42 Å². The van der Waals surface area contributed by atoms with Crippen molar-refractivity contribution in [3.05, 3.63) is 28.3 Å². The first-order chi connectivity index (χ1) is 7.71. The van der Waals surface area contributed by atoms with E-state index in [2.05, 4.69) is 4.74 Å². The predicted molar refractivity (Wildman–Crippen MR) is 52.8 cm³/mol. The van der Waals surface area contributed by atoms with Crippen LogP contribution in [-0.2, 0) is 9.05 Å². The van der Waals surface area contributed by atoms with Gasteiger partial charge in [0.1, 0.15) is 0 Å². The Labute approximate surface area is 98.3 Å². The Hall–Kier alpha value is -1.48. The Morgan fingerprint density at radius 2 is 2.00 bits per heavy atom. The number of benzene rings is 1. The molecule has 0 radical (unpaired) electrons. The van der Waals surface area contributed by atoms with E-state index >= 15 is 0 Å². The highest BCUT2D eigenvalue weighted by Gasteiger charge is 2.22. The summed E-state index contributed by atoms with van der Waals surface area (Å²) in [6.45, 7) is -3.26. The monoisotopic (exact) mass is 287 g/mol. The van der Waals surface area contributed by atoms with Crippen LogP contribution in [0.25, 0.3) is 0 Å². The van der Waals surface area contributed by atoms with Crippen molar-refractivity contribution in [2.75, 3.05) is 0 Å². The number of rotatable bonds is 4. The number of halogens is 3. The van der Waals surface area contributed by atoms with Crippen LogP contribution in [0.4, 0.5) is 14.5 Å². The molecule has 0 N–H and O–H groups in total. The van der Waals surface area contributed by atoms with Gasteiger partial charge in [-0.15, -0.1) is 0 Å². The molecule has 0 bridgehead atoms. The second-order valence-corrected chi connectivity index (χ2v) is 5.27. The van der Waals surface area contributed by atoms with Gasteiger partial charge in [0.05, 0.1) is 9.82 Å². The maximum atomic E-state index is 11.9. The molecule has 0 aliphatic heterocycles. The first-order valence-corrected chi connectivity index (χ1v) is 6.20. The van der Waals surface area contributed by atoms with Crippen LogP contribution >= 0.6 is 10.7 Å². The van der Waals surface area contributed by atoms with Gasteiger partial charge in [-0.2, -0.15) is 8.78 Å². The zero-order chi connectivity index (χ0) is 13.2. The zero-order valence-electron chi connectivity index (χ0n) is 7.84. The highest BCUT2D eigenvalue weighted by Crippen LogP contribution is 2.31. The van der Waals surface area contributed by atoms with Crippen LogP contribution < -0.4 is 4.74 Å². The third-order valence-corrected chi connectivity index (χ3v) is 2.98. The molecule has 0 saturated carbocycles. The SMILES string of the molecule is O=[N+]([O-])c1cc(S(=O)(=O)Cl)ccc1OC(F)F. The van der Waals surface area contributed by atoms with Crippen LogP contribution in [0.3, 0.4) is 0 Å². The van der Waals surface area contributed by atoms with E-state index in [-0.39, 0.29) is 0 Å². The number of ether oxygens (including phenoxy) is 1. The molecular formula is C7H4ClF2NO5S. The molecule has 0 aromatic heterocycles. The van der Waals surface area contributed by atoms with E-state index in [9.17, 15) is 27.3 Å². The van der Waals surface area contributed by atoms with Crippen LogP contribution in [0.2, 0.25) is 0 Å². The molecule has 0 aliphatic rings. The summed E-state index contributed by atoms with van der Waals surface area (Å²) in [6.07, 6.45) is 0. The van der Waals surface area contributed by atoms with E-state index in [0.717, 1.165) is 12.1 Å². The summed E-state index contributed by atoms with van der Waals surface area (Å²) in [4.78, 5) is 8.90. The molecule has 0 saturated heterocycles. The van der Waals surface area contributed by atoms with E-state index in [1.54, 1.807) is 0 Å². The molecule has 0 aliphatic carbocycles. The molecule has 1 aromatic rings. The standard InChI is InChI=1S/C7H4ClF2NO5S/c8-17(14,15)4-1-2-6(16-7(9)10)5(3-4)11(12)13/h1-3,7H. The smallest absolute Gasteiger partial charge is 0.387 e. The minimum Gasteiger partial charge on any atom is -0.427 e. The summed E-state index contributed by atoms with van der Waals surface area (Å²) in [7, 11) is 0.775. The van der Waals surface area contributed by atoms with Crippen molar-refractivity contribution in [3.63, 3.8) is 0 Å². The van der Waals surface area contributed by atoms with E-state index < -0.39 is 36.9 Å². The zero-order valence-corrected chi connectivity index (χ0v) is 9.41. The number of nitrogens with zero attached hydrogens (tertiary/aromatic N) is 1. The first kappa shape index (κ1) is 13.6. The largest absolute Gasteiger partial charge is 0.427 e. The molecule has 0 amide bonds. The highest BCUT2D eigenvalue weighted by atomic mass is 35.7.